The van der Waals surface area contributed by atoms with Gasteiger partial charge in [0.15, 0.2) is 22.9 Å². The van der Waals surface area contributed by atoms with Crippen LogP contribution in [0.4, 0.5) is 0 Å². The Morgan fingerprint density at radius 2 is 1.95 bits per heavy atom. The summed E-state index contributed by atoms with van der Waals surface area (Å²) >= 11 is 0. The third-order valence-corrected chi connectivity index (χ3v) is 2.87. The predicted molar refractivity (Wildman–Crippen MR) is 76.3 cm³/mol. The molecule has 0 bridgehead atoms. The average molecular weight is 306 g/mol. The molecule has 116 valence electrons. The van der Waals surface area contributed by atoms with Crippen LogP contribution < -0.4 is 26.3 Å². The van der Waals surface area contributed by atoms with Gasteiger partial charge in [-0.2, -0.15) is 9.78 Å². The van der Waals surface area contributed by atoms with Gasteiger partial charge in [-0.1, -0.05) is 0 Å². The van der Waals surface area contributed by atoms with E-state index in [0.717, 1.165) is 10.7 Å². The van der Waals surface area contributed by atoms with Crippen molar-refractivity contribution in [1.82, 2.24) is 15.2 Å². The molecule has 4 N–H and O–H groups in total. The largest absolute Gasteiger partial charge is 0.505 e. The molecule has 0 fully saturated rings. The molecule has 0 spiro atoms. The van der Waals surface area contributed by atoms with E-state index < -0.39 is 17.2 Å². The first-order valence-electron chi connectivity index (χ1n) is 6.08. The Hall–Kier alpha value is -3.07. The Bertz CT molecular complexity index is 772. The fraction of sp³-hybridized carbons (Fsp3) is 0.154. The van der Waals surface area contributed by atoms with E-state index in [-0.39, 0.29) is 5.69 Å². The first-order valence-corrected chi connectivity index (χ1v) is 6.08. The summed E-state index contributed by atoms with van der Waals surface area (Å²) in [5, 5.41) is 13.4. The van der Waals surface area contributed by atoms with E-state index in [1.807, 2.05) is 5.43 Å². The summed E-state index contributed by atoms with van der Waals surface area (Å²) in [5.41, 5.74) is 1.16. The van der Waals surface area contributed by atoms with Gasteiger partial charge in [0.25, 0.3) is 11.5 Å². The monoisotopic (exact) mass is 306 g/mol. The molecular formula is C13H14N4O5. The van der Waals surface area contributed by atoms with Crippen molar-refractivity contribution in [1.29, 1.82) is 0 Å². The molecule has 0 aliphatic carbocycles. The van der Waals surface area contributed by atoms with Crippen LogP contribution in [0.25, 0.3) is 5.69 Å². The number of amides is 1. The number of nitrogens with one attached hydrogen (secondary N) is 1. The van der Waals surface area contributed by atoms with Crippen molar-refractivity contribution >= 4 is 5.91 Å². The number of nitrogens with zero attached hydrogens (tertiary/aromatic N) is 2. The van der Waals surface area contributed by atoms with E-state index in [1.165, 1.54) is 20.3 Å². The number of hydrogen-bond donors (Lipinski definition) is 3. The quantitative estimate of drug-likeness (QED) is 0.396. The third-order valence-electron chi connectivity index (χ3n) is 2.87. The van der Waals surface area contributed by atoms with Gasteiger partial charge in [-0.25, -0.2) is 5.84 Å². The molecule has 1 amide bonds. The molecule has 2 aromatic rings. The van der Waals surface area contributed by atoms with Crippen LogP contribution in [-0.2, 0) is 0 Å². The highest BCUT2D eigenvalue weighted by molar-refractivity contribution is 5.94. The Balaban J connectivity index is 2.62. The molecule has 22 heavy (non-hydrogen) atoms. The first-order chi connectivity index (χ1) is 10.5. The Morgan fingerprint density at radius 1 is 1.27 bits per heavy atom. The summed E-state index contributed by atoms with van der Waals surface area (Å²) < 4.78 is 11.2. The Kier molecular flexibility index (Phi) is 4.28. The van der Waals surface area contributed by atoms with Gasteiger partial charge >= 0.3 is 0 Å². The predicted octanol–water partition coefficient (Wildman–Crippen LogP) is -0.441. The second-order valence-corrected chi connectivity index (χ2v) is 4.14. The summed E-state index contributed by atoms with van der Waals surface area (Å²) in [6.07, 6.45) is 0. The van der Waals surface area contributed by atoms with Crippen molar-refractivity contribution in [3.63, 3.8) is 0 Å². The van der Waals surface area contributed by atoms with E-state index in [1.54, 1.807) is 12.1 Å². The zero-order chi connectivity index (χ0) is 16.3. The van der Waals surface area contributed by atoms with E-state index in [4.69, 9.17) is 15.3 Å². The summed E-state index contributed by atoms with van der Waals surface area (Å²) in [6, 6.07) is 5.51. The molecule has 0 radical (unpaired) electrons. The fourth-order valence-electron chi connectivity index (χ4n) is 1.82. The summed E-state index contributed by atoms with van der Waals surface area (Å²) in [5.74, 6) is 4.47. The zero-order valence-corrected chi connectivity index (χ0v) is 11.9. The molecule has 1 heterocycles. The number of methoxy groups -OCH3 is 2. The second kappa shape index (κ2) is 6.14. The number of carbonyl (C=O) groups is 1. The number of aromatic hydroxyl groups is 1. The van der Waals surface area contributed by atoms with Crippen molar-refractivity contribution in [2.24, 2.45) is 5.84 Å². The third kappa shape index (κ3) is 2.69. The van der Waals surface area contributed by atoms with Crippen LogP contribution in [0.5, 0.6) is 17.2 Å². The normalized spacial score (nSPS) is 10.1. The Labute approximate surface area is 124 Å². The van der Waals surface area contributed by atoms with Gasteiger partial charge in [-0.3, -0.25) is 15.0 Å². The topological polar surface area (TPSA) is 129 Å². The van der Waals surface area contributed by atoms with Crippen LogP contribution in [0.15, 0.2) is 29.1 Å². The first kappa shape index (κ1) is 15.3. The van der Waals surface area contributed by atoms with Crippen molar-refractivity contribution < 1.29 is 19.4 Å². The molecule has 0 atom stereocenters. The molecule has 0 saturated carbocycles. The van der Waals surface area contributed by atoms with E-state index in [0.29, 0.717) is 17.2 Å². The maximum atomic E-state index is 12.0. The lowest BCUT2D eigenvalue weighted by molar-refractivity contribution is 0.0943. The van der Waals surface area contributed by atoms with Gasteiger partial charge in [-0.15, -0.1) is 0 Å². The van der Waals surface area contributed by atoms with E-state index in [9.17, 15) is 14.7 Å². The maximum Gasteiger partial charge on any atom is 0.289 e. The van der Waals surface area contributed by atoms with Gasteiger partial charge in [0.1, 0.15) is 0 Å². The summed E-state index contributed by atoms with van der Waals surface area (Å²) in [4.78, 5) is 23.5. The lowest BCUT2D eigenvalue weighted by Crippen LogP contribution is -2.33. The van der Waals surface area contributed by atoms with Crippen LogP contribution in [-0.4, -0.2) is 35.0 Å². The molecular weight excluding hydrogens is 292 g/mol. The number of nitrogen functional groups attached to an aromatic ring is 1. The van der Waals surface area contributed by atoms with Crippen LogP contribution in [0.2, 0.25) is 0 Å². The van der Waals surface area contributed by atoms with Gasteiger partial charge < -0.3 is 14.6 Å². The summed E-state index contributed by atoms with van der Waals surface area (Å²) in [6.45, 7) is 0. The minimum atomic E-state index is -0.827. The van der Waals surface area contributed by atoms with Gasteiger partial charge in [-0.05, 0) is 12.1 Å². The highest BCUT2D eigenvalue weighted by Crippen LogP contribution is 2.28. The zero-order valence-electron chi connectivity index (χ0n) is 11.9. The lowest BCUT2D eigenvalue weighted by atomic mass is 10.2. The van der Waals surface area contributed by atoms with Crippen LogP contribution in [0.1, 0.15) is 10.5 Å². The number of hydrogen-bond acceptors (Lipinski definition) is 7. The SMILES string of the molecule is COc1ccc(-n2nc(C(=O)NN)c(O)cc2=O)cc1OC. The van der Waals surface area contributed by atoms with Crippen molar-refractivity contribution in [3.05, 3.63) is 40.3 Å². The van der Waals surface area contributed by atoms with Gasteiger partial charge in [0.2, 0.25) is 0 Å². The maximum absolute atomic E-state index is 12.0. The van der Waals surface area contributed by atoms with Crippen LogP contribution in [0.3, 0.4) is 0 Å². The molecule has 9 nitrogen and oxygen atoms in total. The number of benzene rings is 1. The minimum absolute atomic E-state index is 0.328. The molecule has 2 rings (SSSR count). The molecule has 0 unspecified atom stereocenters. The summed E-state index contributed by atoms with van der Waals surface area (Å²) in [7, 11) is 2.92. The number of carbonyl (C=O) groups excluding carboxylic acids is 1. The van der Waals surface area contributed by atoms with Crippen LogP contribution in [0, 0.1) is 0 Å². The number of rotatable bonds is 4. The lowest BCUT2D eigenvalue weighted by Gasteiger charge is -2.11. The highest BCUT2D eigenvalue weighted by atomic mass is 16.5. The average Bonchev–Trinajstić information content (AvgIpc) is 2.53. The molecule has 1 aromatic carbocycles. The van der Waals surface area contributed by atoms with Crippen molar-refractivity contribution in [3.8, 4) is 22.9 Å². The number of nitrogens with two attached hydrogens (primary N) is 1. The van der Waals surface area contributed by atoms with Gasteiger partial charge in [0, 0.05) is 12.1 Å². The van der Waals surface area contributed by atoms with Crippen molar-refractivity contribution in [2.45, 2.75) is 0 Å². The second-order valence-electron chi connectivity index (χ2n) is 4.14. The van der Waals surface area contributed by atoms with E-state index >= 15 is 0 Å². The molecule has 0 aliphatic rings. The number of aromatic nitrogens is 2. The highest BCUT2D eigenvalue weighted by Gasteiger charge is 2.16. The van der Waals surface area contributed by atoms with Gasteiger partial charge in [0.05, 0.1) is 19.9 Å². The molecule has 0 saturated heterocycles. The van der Waals surface area contributed by atoms with Crippen LogP contribution >= 0.6 is 0 Å². The van der Waals surface area contributed by atoms with E-state index in [2.05, 4.69) is 5.10 Å². The van der Waals surface area contributed by atoms with Crippen molar-refractivity contribution in [2.75, 3.05) is 14.2 Å². The number of ether oxygens (including phenoxy) is 2. The smallest absolute Gasteiger partial charge is 0.289 e. The number of hydrazine groups is 1. The molecule has 1 aromatic heterocycles. The fourth-order valence-corrected chi connectivity index (χ4v) is 1.82. The molecule has 9 heteroatoms. The Morgan fingerprint density at radius 3 is 2.55 bits per heavy atom. The standard InChI is InChI=1S/C13H14N4O5/c1-21-9-4-3-7(5-10(9)22-2)17-11(19)6-8(18)12(16-17)13(20)15-14/h3-6,18H,14H2,1-2H3,(H,15,20). The minimum Gasteiger partial charge on any atom is -0.505 e. The molecule has 0 aliphatic heterocycles.